The topological polar surface area (TPSA) is 131 Å². The Kier molecular flexibility index (Phi) is 6.92. The van der Waals surface area contributed by atoms with Crippen molar-refractivity contribution in [2.24, 2.45) is 16.5 Å². The number of halogens is 1. The van der Waals surface area contributed by atoms with Crippen LogP contribution in [0.4, 0.5) is 0 Å². The van der Waals surface area contributed by atoms with Gasteiger partial charge in [0.2, 0.25) is 0 Å². The highest BCUT2D eigenvalue weighted by Crippen LogP contribution is 2.15. The van der Waals surface area contributed by atoms with Crippen LogP contribution >= 0.6 is 11.6 Å². The zero-order chi connectivity index (χ0) is 20.0. The van der Waals surface area contributed by atoms with Crippen LogP contribution < -0.4 is 16.8 Å². The summed E-state index contributed by atoms with van der Waals surface area (Å²) in [5.74, 6) is -1.57. The molecule has 142 valence electrons. The number of aliphatic carboxylic acids is 1. The van der Waals surface area contributed by atoms with Crippen molar-refractivity contribution in [1.82, 2.24) is 5.32 Å². The number of carbonyl (C=O) groups excluding carboxylic acids is 1. The summed E-state index contributed by atoms with van der Waals surface area (Å²) < 4.78 is 0. The highest BCUT2D eigenvalue weighted by molar-refractivity contribution is 6.30. The summed E-state index contributed by atoms with van der Waals surface area (Å²) in [7, 11) is 0. The molecular weight excluding hydrogens is 368 g/mol. The Bertz CT molecular complexity index is 866. The molecule has 2 rings (SSSR count). The summed E-state index contributed by atoms with van der Waals surface area (Å²) in [4.78, 5) is 26.8. The van der Waals surface area contributed by atoms with Gasteiger partial charge in [0.05, 0.1) is 0 Å². The van der Waals surface area contributed by atoms with Gasteiger partial charge in [0.25, 0.3) is 5.91 Å². The number of carbonyl (C=O) groups is 2. The predicted octanol–water partition coefficient (Wildman–Crippen LogP) is 1.85. The molecule has 0 aromatic heterocycles. The summed E-state index contributed by atoms with van der Waals surface area (Å²) in [6.07, 6.45) is 0.178. The Morgan fingerprint density at radius 3 is 2.48 bits per heavy atom. The van der Waals surface area contributed by atoms with Gasteiger partial charge in [-0.25, -0.2) is 0 Å². The minimum Gasteiger partial charge on any atom is -0.480 e. The van der Waals surface area contributed by atoms with Gasteiger partial charge in [-0.15, -0.1) is 0 Å². The highest BCUT2D eigenvalue weighted by atomic mass is 35.5. The van der Waals surface area contributed by atoms with Crippen molar-refractivity contribution < 1.29 is 14.7 Å². The van der Waals surface area contributed by atoms with Gasteiger partial charge >= 0.3 is 5.97 Å². The maximum Gasteiger partial charge on any atom is 0.320 e. The predicted molar refractivity (Wildman–Crippen MR) is 105 cm³/mol. The number of rotatable bonds is 6. The van der Waals surface area contributed by atoms with Crippen molar-refractivity contribution in [2.45, 2.75) is 25.9 Å². The molecule has 1 amide bonds. The smallest absolute Gasteiger partial charge is 0.320 e. The van der Waals surface area contributed by atoms with Crippen molar-refractivity contribution in [3.05, 3.63) is 69.7 Å². The standard InChI is InChI=1S/C19H21ClN4O3/c1-11-8-15(20)7-6-14(11)10-23-19(22)24-17(25)13-4-2-12(3-5-13)9-16(21)18(26)27/h2-8,16H,9-10,21H2,1H3,(H,26,27)(H3,22,23,24,25). The van der Waals surface area contributed by atoms with Crippen LogP contribution in [0.15, 0.2) is 47.5 Å². The third-order valence-electron chi connectivity index (χ3n) is 3.96. The first kappa shape index (κ1) is 20.4. The van der Waals surface area contributed by atoms with E-state index in [2.05, 4.69) is 10.3 Å². The molecule has 0 saturated heterocycles. The van der Waals surface area contributed by atoms with E-state index in [0.717, 1.165) is 16.7 Å². The Balaban J connectivity index is 1.97. The van der Waals surface area contributed by atoms with E-state index >= 15 is 0 Å². The van der Waals surface area contributed by atoms with E-state index in [-0.39, 0.29) is 12.4 Å². The molecule has 0 aliphatic rings. The largest absolute Gasteiger partial charge is 0.480 e. The molecule has 8 heteroatoms. The number of carboxylic acid groups (broad SMARTS) is 1. The molecule has 6 N–H and O–H groups in total. The van der Waals surface area contributed by atoms with E-state index in [0.29, 0.717) is 17.1 Å². The maximum absolute atomic E-state index is 12.2. The number of carboxylic acids is 1. The summed E-state index contributed by atoms with van der Waals surface area (Å²) in [6.45, 7) is 2.34. The Hall–Kier alpha value is -2.90. The number of aryl methyl sites for hydroxylation is 1. The van der Waals surface area contributed by atoms with E-state index < -0.39 is 17.9 Å². The highest BCUT2D eigenvalue weighted by Gasteiger charge is 2.12. The van der Waals surface area contributed by atoms with Crippen molar-refractivity contribution in [3.8, 4) is 0 Å². The third-order valence-corrected chi connectivity index (χ3v) is 4.20. The van der Waals surface area contributed by atoms with Crippen LogP contribution in [0.25, 0.3) is 0 Å². The van der Waals surface area contributed by atoms with Gasteiger partial charge in [-0.2, -0.15) is 4.99 Å². The fourth-order valence-electron chi connectivity index (χ4n) is 2.38. The lowest BCUT2D eigenvalue weighted by molar-refractivity contribution is -0.138. The number of aliphatic imine (C=N–C) groups is 1. The molecule has 0 radical (unpaired) electrons. The van der Waals surface area contributed by atoms with E-state index in [1.165, 1.54) is 0 Å². The lowest BCUT2D eigenvalue weighted by Gasteiger charge is -2.09. The molecule has 2 aromatic rings. The Morgan fingerprint density at radius 1 is 1.22 bits per heavy atom. The summed E-state index contributed by atoms with van der Waals surface area (Å²) >= 11 is 5.92. The average molecular weight is 389 g/mol. The molecule has 0 fully saturated rings. The van der Waals surface area contributed by atoms with E-state index in [1.807, 2.05) is 19.1 Å². The number of nitrogens with zero attached hydrogens (tertiary/aromatic N) is 1. The SMILES string of the molecule is Cc1cc(Cl)ccc1CNC(N)=NC(=O)c1ccc(CC(N)C(=O)O)cc1. The number of nitrogens with one attached hydrogen (secondary N) is 1. The molecule has 0 saturated carbocycles. The van der Waals surface area contributed by atoms with Crippen LogP contribution in [-0.2, 0) is 17.8 Å². The van der Waals surface area contributed by atoms with Crippen LogP contribution in [0.3, 0.4) is 0 Å². The molecule has 1 atom stereocenters. The van der Waals surface area contributed by atoms with Crippen molar-refractivity contribution in [2.75, 3.05) is 0 Å². The van der Waals surface area contributed by atoms with Gasteiger partial charge in [-0.3, -0.25) is 9.59 Å². The lowest BCUT2D eigenvalue weighted by Crippen LogP contribution is -2.32. The Labute approximate surface area is 162 Å². The number of amides is 1. The molecule has 2 aromatic carbocycles. The zero-order valence-corrected chi connectivity index (χ0v) is 15.5. The summed E-state index contributed by atoms with van der Waals surface area (Å²) in [5, 5.41) is 12.4. The van der Waals surface area contributed by atoms with Crippen LogP contribution in [0, 0.1) is 6.92 Å². The number of guanidine groups is 1. The van der Waals surface area contributed by atoms with Gasteiger partial charge < -0.3 is 21.9 Å². The molecule has 0 bridgehead atoms. The van der Waals surface area contributed by atoms with Gasteiger partial charge in [0.1, 0.15) is 6.04 Å². The van der Waals surface area contributed by atoms with Crippen LogP contribution in [0.2, 0.25) is 5.02 Å². The molecule has 0 heterocycles. The minimum absolute atomic E-state index is 0.00586. The van der Waals surface area contributed by atoms with Gasteiger partial charge in [0.15, 0.2) is 5.96 Å². The van der Waals surface area contributed by atoms with Gasteiger partial charge in [-0.1, -0.05) is 29.8 Å². The fourth-order valence-corrected chi connectivity index (χ4v) is 2.61. The second-order valence-electron chi connectivity index (χ2n) is 6.07. The number of benzene rings is 2. The third kappa shape index (κ3) is 6.09. The first-order valence-electron chi connectivity index (χ1n) is 8.21. The first-order chi connectivity index (χ1) is 12.8. The zero-order valence-electron chi connectivity index (χ0n) is 14.8. The number of nitrogens with two attached hydrogens (primary N) is 2. The quantitative estimate of drug-likeness (QED) is 0.441. The second kappa shape index (κ2) is 9.16. The maximum atomic E-state index is 12.2. The lowest BCUT2D eigenvalue weighted by atomic mass is 10.0. The van der Waals surface area contributed by atoms with Crippen LogP contribution in [-0.4, -0.2) is 29.0 Å². The average Bonchev–Trinajstić information content (AvgIpc) is 2.61. The van der Waals surface area contributed by atoms with E-state index in [1.54, 1.807) is 30.3 Å². The summed E-state index contributed by atoms with van der Waals surface area (Å²) in [6, 6.07) is 10.9. The molecule has 0 spiro atoms. The molecule has 0 aliphatic heterocycles. The van der Waals surface area contributed by atoms with Gasteiger partial charge in [-0.05, 0) is 54.3 Å². The van der Waals surface area contributed by atoms with Crippen molar-refractivity contribution in [1.29, 1.82) is 0 Å². The normalized spacial score (nSPS) is 12.5. The fraction of sp³-hybridized carbons (Fsp3) is 0.211. The molecule has 27 heavy (non-hydrogen) atoms. The first-order valence-corrected chi connectivity index (χ1v) is 8.59. The molecular formula is C19H21ClN4O3. The van der Waals surface area contributed by atoms with Crippen LogP contribution in [0.5, 0.6) is 0 Å². The van der Waals surface area contributed by atoms with Crippen LogP contribution in [0.1, 0.15) is 27.0 Å². The molecule has 1 unspecified atom stereocenters. The second-order valence-corrected chi connectivity index (χ2v) is 6.51. The molecule has 7 nitrogen and oxygen atoms in total. The van der Waals surface area contributed by atoms with Crippen molar-refractivity contribution in [3.63, 3.8) is 0 Å². The monoisotopic (exact) mass is 388 g/mol. The Morgan fingerprint density at radius 2 is 1.89 bits per heavy atom. The van der Waals surface area contributed by atoms with Crippen molar-refractivity contribution >= 4 is 29.4 Å². The van der Waals surface area contributed by atoms with Gasteiger partial charge in [0, 0.05) is 17.1 Å². The minimum atomic E-state index is -1.07. The molecule has 0 aliphatic carbocycles. The van der Waals surface area contributed by atoms with E-state index in [9.17, 15) is 9.59 Å². The van der Waals surface area contributed by atoms with E-state index in [4.69, 9.17) is 28.2 Å². The summed E-state index contributed by atoms with van der Waals surface area (Å²) in [5.41, 5.74) is 14.3. The number of hydrogen-bond acceptors (Lipinski definition) is 3. The number of hydrogen-bond donors (Lipinski definition) is 4.